The van der Waals surface area contributed by atoms with Crippen molar-refractivity contribution in [1.29, 1.82) is 0 Å². The van der Waals surface area contributed by atoms with Crippen molar-refractivity contribution in [3.05, 3.63) is 71.5 Å². The van der Waals surface area contributed by atoms with Crippen LogP contribution in [-0.4, -0.2) is 39.7 Å². The van der Waals surface area contributed by atoms with Crippen LogP contribution in [0.4, 0.5) is 11.4 Å². The van der Waals surface area contributed by atoms with Crippen LogP contribution in [0.15, 0.2) is 59.9 Å². The molecule has 0 bridgehead atoms. The number of hydrogen-bond donors (Lipinski definition) is 4. The quantitative estimate of drug-likeness (QED) is 0.191. The van der Waals surface area contributed by atoms with Crippen LogP contribution in [0, 0.1) is 0 Å². The second-order valence-electron chi connectivity index (χ2n) is 9.95. The molecular formula is C30H36N6O2. The molecule has 198 valence electrons. The smallest absolute Gasteiger partial charge is 0.135 e. The average Bonchev–Trinajstić information content (AvgIpc) is 3.55. The summed E-state index contributed by atoms with van der Waals surface area (Å²) in [5.74, 6) is 1.43. The maximum absolute atomic E-state index is 9.91. The first-order chi connectivity index (χ1) is 18.4. The number of phenolic OH excluding ortho intramolecular Hbond substituents is 1. The number of rotatable bonds is 8. The van der Waals surface area contributed by atoms with Crippen molar-refractivity contribution in [1.82, 2.24) is 9.61 Å². The number of anilines is 1. The highest BCUT2D eigenvalue weighted by Gasteiger charge is 2.25. The maximum Gasteiger partial charge on any atom is 0.135 e. The molecule has 8 heteroatoms. The van der Waals surface area contributed by atoms with Crippen LogP contribution in [0.25, 0.3) is 16.6 Å². The topological polar surface area (TPSA) is 123 Å². The number of aromatic hydroxyl groups is 1. The molecule has 0 aliphatic heterocycles. The Morgan fingerprint density at radius 3 is 2.66 bits per heavy atom. The van der Waals surface area contributed by atoms with Gasteiger partial charge in [0.05, 0.1) is 35.8 Å². The number of fused-ring (bicyclic) bond motifs is 1. The molecule has 1 aliphatic carbocycles. The van der Waals surface area contributed by atoms with E-state index < -0.39 is 0 Å². The molecule has 1 saturated carbocycles. The van der Waals surface area contributed by atoms with Crippen LogP contribution in [0.3, 0.4) is 0 Å². The summed E-state index contributed by atoms with van der Waals surface area (Å²) in [6, 6.07) is 13.9. The van der Waals surface area contributed by atoms with Crippen molar-refractivity contribution in [2.75, 3.05) is 12.4 Å². The molecule has 38 heavy (non-hydrogen) atoms. The Morgan fingerprint density at radius 2 is 1.95 bits per heavy atom. The van der Waals surface area contributed by atoms with E-state index in [1.54, 1.807) is 31.5 Å². The van der Waals surface area contributed by atoms with Crippen LogP contribution in [0.5, 0.6) is 11.5 Å². The zero-order valence-electron chi connectivity index (χ0n) is 22.2. The first kappa shape index (κ1) is 25.6. The van der Waals surface area contributed by atoms with E-state index in [2.05, 4.69) is 30.4 Å². The van der Waals surface area contributed by atoms with E-state index in [1.165, 1.54) is 5.56 Å². The summed E-state index contributed by atoms with van der Waals surface area (Å²) < 4.78 is 7.34. The fourth-order valence-corrected chi connectivity index (χ4v) is 5.33. The van der Waals surface area contributed by atoms with Crippen molar-refractivity contribution in [2.45, 2.75) is 58.0 Å². The maximum atomic E-state index is 9.91. The molecule has 2 heterocycles. The van der Waals surface area contributed by atoms with Gasteiger partial charge in [-0.15, -0.1) is 0 Å². The summed E-state index contributed by atoms with van der Waals surface area (Å²) in [7, 11) is 1.69. The summed E-state index contributed by atoms with van der Waals surface area (Å²) in [6.07, 6.45) is 8.32. The van der Waals surface area contributed by atoms with E-state index in [0.717, 1.165) is 77.0 Å². The molecule has 2 aromatic carbocycles. The molecular weight excluding hydrogens is 476 g/mol. The van der Waals surface area contributed by atoms with Gasteiger partial charge in [-0.05, 0) is 85.2 Å². The highest BCUT2D eigenvalue weighted by molar-refractivity contribution is 6.06. The highest BCUT2D eigenvalue weighted by atomic mass is 16.5. The van der Waals surface area contributed by atoms with Gasteiger partial charge in [-0.3, -0.25) is 0 Å². The van der Waals surface area contributed by atoms with Gasteiger partial charge in [-0.2, -0.15) is 5.10 Å². The minimum absolute atomic E-state index is 0.192. The van der Waals surface area contributed by atoms with Gasteiger partial charge in [0.15, 0.2) is 0 Å². The van der Waals surface area contributed by atoms with Gasteiger partial charge in [-0.1, -0.05) is 19.9 Å². The summed E-state index contributed by atoms with van der Waals surface area (Å²) in [4.78, 5) is 4.77. The Labute approximate surface area is 223 Å². The molecule has 6 N–H and O–H groups in total. The van der Waals surface area contributed by atoms with Crippen molar-refractivity contribution >= 4 is 22.7 Å². The molecule has 1 fully saturated rings. The van der Waals surface area contributed by atoms with Crippen LogP contribution in [0.2, 0.25) is 0 Å². The summed E-state index contributed by atoms with van der Waals surface area (Å²) in [5, 5.41) is 18.4. The highest BCUT2D eigenvalue weighted by Crippen LogP contribution is 2.34. The lowest BCUT2D eigenvalue weighted by atomic mass is 9.99. The SMILES string of the molecule is CCc1cc(O)ccc1/N=C(\N)c1cnn2cc(-c3ccc(OC)cc3CC)cc2c1N[C@@H]1CC[C@H](N)C1. The number of aromatic nitrogens is 2. The second-order valence-corrected chi connectivity index (χ2v) is 9.95. The van der Waals surface area contributed by atoms with Crippen LogP contribution >= 0.6 is 0 Å². The number of ether oxygens (including phenoxy) is 1. The number of nitrogens with one attached hydrogen (secondary N) is 1. The molecule has 0 unspecified atom stereocenters. The predicted molar refractivity (Wildman–Crippen MR) is 154 cm³/mol. The van der Waals surface area contributed by atoms with E-state index in [1.807, 2.05) is 23.7 Å². The first-order valence-electron chi connectivity index (χ1n) is 13.3. The summed E-state index contributed by atoms with van der Waals surface area (Å²) >= 11 is 0. The minimum atomic E-state index is 0.192. The fourth-order valence-electron chi connectivity index (χ4n) is 5.33. The number of aryl methyl sites for hydroxylation is 2. The number of methoxy groups -OCH3 is 1. The first-order valence-corrected chi connectivity index (χ1v) is 13.3. The Balaban J connectivity index is 1.63. The van der Waals surface area contributed by atoms with E-state index in [0.29, 0.717) is 5.84 Å². The third kappa shape index (κ3) is 5.04. The second kappa shape index (κ2) is 10.8. The number of nitrogens with two attached hydrogens (primary N) is 2. The van der Waals surface area contributed by atoms with E-state index in [4.69, 9.17) is 26.3 Å². The summed E-state index contributed by atoms with van der Waals surface area (Å²) in [5.41, 5.74) is 20.5. The molecule has 0 radical (unpaired) electrons. The van der Waals surface area contributed by atoms with Gasteiger partial charge in [0.25, 0.3) is 0 Å². The van der Waals surface area contributed by atoms with Crippen molar-refractivity contribution in [3.63, 3.8) is 0 Å². The van der Waals surface area contributed by atoms with Gasteiger partial charge in [-0.25, -0.2) is 9.51 Å². The van der Waals surface area contributed by atoms with Crippen molar-refractivity contribution < 1.29 is 9.84 Å². The Kier molecular flexibility index (Phi) is 7.24. The van der Waals surface area contributed by atoms with Gasteiger partial charge in [0.2, 0.25) is 0 Å². The number of aliphatic imine (C=N–C) groups is 1. The number of phenols is 1. The Morgan fingerprint density at radius 1 is 1.13 bits per heavy atom. The number of nitrogens with zero attached hydrogens (tertiary/aromatic N) is 3. The third-order valence-corrected chi connectivity index (χ3v) is 7.42. The van der Waals surface area contributed by atoms with Crippen LogP contribution < -0.4 is 21.5 Å². The zero-order valence-corrected chi connectivity index (χ0v) is 22.2. The predicted octanol–water partition coefficient (Wildman–Crippen LogP) is 5.17. The van der Waals surface area contributed by atoms with Gasteiger partial charge in [0.1, 0.15) is 17.3 Å². The van der Waals surface area contributed by atoms with E-state index in [-0.39, 0.29) is 17.8 Å². The molecule has 0 spiro atoms. The minimum Gasteiger partial charge on any atom is -0.508 e. The number of amidine groups is 1. The van der Waals surface area contributed by atoms with Gasteiger partial charge >= 0.3 is 0 Å². The average molecular weight is 513 g/mol. The number of hydrogen-bond acceptors (Lipinski definition) is 6. The van der Waals surface area contributed by atoms with Crippen LogP contribution in [-0.2, 0) is 12.8 Å². The lowest BCUT2D eigenvalue weighted by Crippen LogP contribution is -2.24. The summed E-state index contributed by atoms with van der Waals surface area (Å²) in [6.45, 7) is 4.17. The molecule has 8 nitrogen and oxygen atoms in total. The van der Waals surface area contributed by atoms with Crippen molar-refractivity contribution in [2.24, 2.45) is 16.5 Å². The largest absolute Gasteiger partial charge is 0.508 e. The van der Waals surface area contributed by atoms with Gasteiger partial charge in [0, 0.05) is 23.8 Å². The molecule has 2 aromatic heterocycles. The zero-order chi connectivity index (χ0) is 26.8. The third-order valence-electron chi connectivity index (χ3n) is 7.42. The lowest BCUT2D eigenvalue weighted by molar-refractivity contribution is 0.414. The lowest BCUT2D eigenvalue weighted by Gasteiger charge is -2.18. The molecule has 1 aliphatic rings. The van der Waals surface area contributed by atoms with E-state index >= 15 is 0 Å². The Bertz CT molecular complexity index is 1490. The van der Waals surface area contributed by atoms with Crippen LogP contribution in [0.1, 0.15) is 49.8 Å². The fraction of sp³-hybridized carbons (Fsp3) is 0.333. The number of benzene rings is 2. The van der Waals surface area contributed by atoms with E-state index in [9.17, 15) is 5.11 Å². The Hall–Kier alpha value is -4.04. The molecule has 5 rings (SSSR count). The van der Waals surface area contributed by atoms with Crippen molar-refractivity contribution in [3.8, 4) is 22.6 Å². The standard InChI is InChI=1S/C30H36N6O2/c1-4-18-13-24(38-3)9-10-25(18)20-14-28-29(34-22-7-6-21(31)15-22)26(16-33-36(28)17-20)30(32)35-27-11-8-23(37)12-19(27)5-2/h8-14,16-17,21-22,34,37H,4-7,15,31H2,1-3H3,(H2,32,35)/t21-,22+/m0/s1. The monoisotopic (exact) mass is 512 g/mol. The van der Waals surface area contributed by atoms with Gasteiger partial charge < -0.3 is 26.6 Å². The molecule has 0 saturated heterocycles. The molecule has 4 aromatic rings. The molecule has 0 amide bonds. The normalized spacial score (nSPS) is 17.7. The molecule has 2 atom stereocenters.